The molecule has 0 unspecified atom stereocenters. The maximum atomic E-state index is 12.7. The van der Waals surface area contributed by atoms with E-state index in [1.54, 1.807) is 6.07 Å². The van der Waals surface area contributed by atoms with Gasteiger partial charge in [-0.25, -0.2) is 4.39 Å². The fraction of sp³-hybridized carbons (Fsp3) is 0.300. The molecule has 0 saturated heterocycles. The van der Waals surface area contributed by atoms with Gasteiger partial charge in [0.05, 0.1) is 6.61 Å². The number of carbonyl (C=O) groups is 1. The van der Waals surface area contributed by atoms with Gasteiger partial charge in [0, 0.05) is 12.6 Å². The van der Waals surface area contributed by atoms with Gasteiger partial charge in [0.25, 0.3) is 5.91 Å². The van der Waals surface area contributed by atoms with Crippen LogP contribution in [0.2, 0.25) is 0 Å². The highest BCUT2D eigenvalue weighted by Gasteiger charge is 2.01. The Hall–Kier alpha value is -1.62. The Balaban J connectivity index is 2.33. The molecule has 0 radical (unpaired) electrons. The Labute approximate surface area is 86.7 Å². The highest BCUT2D eigenvalue weighted by molar-refractivity contribution is 5.77. The van der Waals surface area contributed by atoms with Crippen molar-refractivity contribution >= 4 is 5.91 Å². The Morgan fingerprint density at radius 1 is 1.53 bits per heavy atom. The summed E-state index contributed by atoms with van der Waals surface area (Å²) in [5.74, 6) is -0.467. The second-order valence-electron chi connectivity index (χ2n) is 2.82. The number of hydrogen-bond donors (Lipinski definition) is 2. The normalized spacial score (nSPS) is 9.73. The highest BCUT2D eigenvalue weighted by Crippen LogP contribution is 2.11. The van der Waals surface area contributed by atoms with Crippen LogP contribution in [0.4, 0.5) is 4.39 Å². The first-order valence-electron chi connectivity index (χ1n) is 4.48. The molecule has 0 saturated carbocycles. The van der Waals surface area contributed by atoms with Gasteiger partial charge in [-0.15, -0.1) is 0 Å². The van der Waals surface area contributed by atoms with Crippen molar-refractivity contribution < 1.29 is 19.0 Å². The van der Waals surface area contributed by atoms with E-state index in [4.69, 9.17) is 9.84 Å². The van der Waals surface area contributed by atoms with Crippen LogP contribution in [0.15, 0.2) is 24.3 Å². The Bertz CT molecular complexity index is 330. The summed E-state index contributed by atoms with van der Waals surface area (Å²) < 4.78 is 17.7. The summed E-state index contributed by atoms with van der Waals surface area (Å²) >= 11 is 0. The van der Waals surface area contributed by atoms with Crippen molar-refractivity contribution in [3.05, 3.63) is 30.1 Å². The molecule has 0 aliphatic heterocycles. The van der Waals surface area contributed by atoms with Crippen molar-refractivity contribution in [2.45, 2.75) is 0 Å². The fourth-order valence-corrected chi connectivity index (χ4v) is 0.952. The van der Waals surface area contributed by atoms with Crippen LogP contribution in [0.5, 0.6) is 5.75 Å². The molecule has 0 aromatic heterocycles. The van der Waals surface area contributed by atoms with Gasteiger partial charge in [-0.2, -0.15) is 0 Å². The van der Waals surface area contributed by atoms with Crippen molar-refractivity contribution in [2.24, 2.45) is 0 Å². The van der Waals surface area contributed by atoms with E-state index in [1.165, 1.54) is 18.2 Å². The maximum absolute atomic E-state index is 12.7. The lowest BCUT2D eigenvalue weighted by molar-refractivity contribution is -0.123. The lowest BCUT2D eigenvalue weighted by atomic mass is 10.3. The molecule has 0 heterocycles. The Morgan fingerprint density at radius 2 is 2.33 bits per heavy atom. The molecule has 5 heteroatoms. The van der Waals surface area contributed by atoms with E-state index in [0.717, 1.165) is 0 Å². The van der Waals surface area contributed by atoms with Crippen molar-refractivity contribution in [1.82, 2.24) is 5.32 Å². The molecule has 1 rings (SSSR count). The van der Waals surface area contributed by atoms with E-state index >= 15 is 0 Å². The summed E-state index contributed by atoms with van der Waals surface area (Å²) in [6.07, 6.45) is 0. The van der Waals surface area contributed by atoms with Crippen molar-refractivity contribution in [3.63, 3.8) is 0 Å². The third-order valence-corrected chi connectivity index (χ3v) is 1.60. The number of benzene rings is 1. The van der Waals surface area contributed by atoms with Crippen molar-refractivity contribution in [2.75, 3.05) is 19.8 Å². The minimum atomic E-state index is -0.414. The number of ether oxygens (including phenoxy) is 1. The molecule has 15 heavy (non-hydrogen) atoms. The van der Waals surface area contributed by atoms with E-state index in [2.05, 4.69) is 5.32 Å². The van der Waals surface area contributed by atoms with Gasteiger partial charge in [0.1, 0.15) is 11.6 Å². The van der Waals surface area contributed by atoms with Gasteiger partial charge in [-0.3, -0.25) is 4.79 Å². The van der Waals surface area contributed by atoms with Gasteiger partial charge < -0.3 is 15.2 Å². The zero-order valence-corrected chi connectivity index (χ0v) is 8.07. The predicted molar refractivity (Wildman–Crippen MR) is 52.0 cm³/mol. The van der Waals surface area contributed by atoms with E-state index in [9.17, 15) is 9.18 Å². The first-order chi connectivity index (χ1) is 7.22. The molecular weight excluding hydrogens is 201 g/mol. The van der Waals surface area contributed by atoms with Crippen LogP contribution in [0, 0.1) is 5.82 Å². The van der Waals surface area contributed by atoms with E-state index < -0.39 is 5.82 Å². The van der Waals surface area contributed by atoms with Gasteiger partial charge >= 0.3 is 0 Å². The molecule has 1 amide bonds. The number of hydrogen-bond acceptors (Lipinski definition) is 3. The van der Waals surface area contributed by atoms with Crippen LogP contribution in [-0.4, -0.2) is 30.8 Å². The van der Waals surface area contributed by atoms with Crippen molar-refractivity contribution in [3.8, 4) is 5.75 Å². The van der Waals surface area contributed by atoms with Crippen LogP contribution in [0.3, 0.4) is 0 Å². The number of halogens is 1. The maximum Gasteiger partial charge on any atom is 0.258 e. The molecule has 0 aliphatic rings. The average Bonchev–Trinajstić information content (AvgIpc) is 2.23. The Kier molecular flexibility index (Phi) is 4.56. The number of rotatable bonds is 5. The SMILES string of the molecule is O=C(COc1cccc(F)c1)NCCO. The summed E-state index contributed by atoms with van der Waals surface area (Å²) in [6, 6.07) is 5.54. The highest BCUT2D eigenvalue weighted by atomic mass is 19.1. The second-order valence-corrected chi connectivity index (χ2v) is 2.82. The first kappa shape index (κ1) is 11.5. The van der Waals surface area contributed by atoms with E-state index in [1.807, 2.05) is 0 Å². The van der Waals surface area contributed by atoms with Crippen LogP contribution in [0.1, 0.15) is 0 Å². The van der Waals surface area contributed by atoms with Crippen LogP contribution >= 0.6 is 0 Å². The molecule has 82 valence electrons. The quantitative estimate of drug-likeness (QED) is 0.740. The summed E-state index contributed by atoms with van der Waals surface area (Å²) in [7, 11) is 0. The average molecular weight is 213 g/mol. The van der Waals surface area contributed by atoms with Gasteiger partial charge in [-0.05, 0) is 12.1 Å². The van der Waals surface area contributed by atoms with E-state index in [-0.39, 0.29) is 25.7 Å². The molecule has 0 atom stereocenters. The number of nitrogens with one attached hydrogen (secondary N) is 1. The van der Waals surface area contributed by atoms with Crippen molar-refractivity contribution in [1.29, 1.82) is 0 Å². The van der Waals surface area contributed by atoms with Gasteiger partial charge in [0.2, 0.25) is 0 Å². The molecule has 0 aliphatic carbocycles. The number of aliphatic hydroxyl groups is 1. The third kappa shape index (κ3) is 4.42. The topological polar surface area (TPSA) is 58.6 Å². The molecule has 2 N–H and O–H groups in total. The van der Waals surface area contributed by atoms with Crippen LogP contribution in [-0.2, 0) is 4.79 Å². The molecule has 0 bridgehead atoms. The number of carbonyl (C=O) groups excluding carboxylic acids is 1. The largest absolute Gasteiger partial charge is 0.484 e. The number of aliphatic hydroxyl groups excluding tert-OH is 1. The summed E-state index contributed by atoms with van der Waals surface area (Å²) in [4.78, 5) is 11.0. The molecule has 1 aromatic carbocycles. The molecule has 0 spiro atoms. The third-order valence-electron chi connectivity index (χ3n) is 1.60. The predicted octanol–water partition coefficient (Wildman–Crippen LogP) is 0.313. The monoisotopic (exact) mass is 213 g/mol. The van der Waals surface area contributed by atoms with Crippen LogP contribution in [0.25, 0.3) is 0 Å². The minimum Gasteiger partial charge on any atom is -0.484 e. The van der Waals surface area contributed by atoms with Gasteiger partial charge in [-0.1, -0.05) is 6.07 Å². The molecule has 0 fully saturated rings. The Morgan fingerprint density at radius 3 is 3.00 bits per heavy atom. The summed E-state index contributed by atoms with van der Waals surface area (Å²) in [5.41, 5.74) is 0. The second kappa shape index (κ2) is 5.98. The number of amides is 1. The lowest BCUT2D eigenvalue weighted by Gasteiger charge is -2.06. The zero-order valence-electron chi connectivity index (χ0n) is 8.07. The fourth-order valence-electron chi connectivity index (χ4n) is 0.952. The summed E-state index contributed by atoms with van der Waals surface area (Å²) in [6.45, 7) is -0.125. The summed E-state index contributed by atoms with van der Waals surface area (Å²) in [5, 5.41) is 10.8. The minimum absolute atomic E-state index is 0.119. The molecule has 1 aromatic rings. The molecule has 4 nitrogen and oxygen atoms in total. The van der Waals surface area contributed by atoms with Crippen LogP contribution < -0.4 is 10.1 Å². The smallest absolute Gasteiger partial charge is 0.258 e. The standard InChI is InChI=1S/C10H12FNO3/c11-8-2-1-3-9(6-8)15-7-10(14)12-4-5-13/h1-3,6,13H,4-5,7H2,(H,12,14). The van der Waals surface area contributed by atoms with E-state index in [0.29, 0.717) is 5.75 Å². The zero-order chi connectivity index (χ0) is 11.1. The lowest BCUT2D eigenvalue weighted by Crippen LogP contribution is -2.31. The van der Waals surface area contributed by atoms with Gasteiger partial charge in [0.15, 0.2) is 6.61 Å². The molecular formula is C10H12FNO3. The first-order valence-corrected chi connectivity index (χ1v) is 4.48.